The number of ether oxygens (including phenoxy) is 2. The monoisotopic (exact) mass is 530 g/mol. The second-order valence-electron chi connectivity index (χ2n) is 5.29. The number of hydrogen-bond acceptors (Lipinski definition) is 5. The fourth-order valence-corrected chi connectivity index (χ4v) is 2.94. The maximum Gasteiger partial charge on any atom is 0.434 e. The number of halogens is 4. The molecule has 0 spiro atoms. The number of rotatable bonds is 8. The van der Waals surface area contributed by atoms with Crippen LogP contribution in [0.3, 0.4) is 0 Å². The topological polar surface area (TPSA) is 81.8 Å². The molecule has 156 valence electrons. The number of nitrogens with two attached hydrogens (primary N) is 1. The number of anilines is 1. The molecule has 0 amide bonds. The maximum atomic E-state index is 12.5. The minimum atomic E-state index is -4.43. The highest BCUT2D eigenvalue weighted by atomic mass is 127. The molecule has 2 aromatic rings. The lowest BCUT2D eigenvalue weighted by molar-refractivity contribution is -0.140. The van der Waals surface area contributed by atoms with Crippen molar-refractivity contribution in [3.63, 3.8) is 0 Å². The minimum Gasteiger partial charge on any atom is -0.494 e. The average molecular weight is 530 g/mol. The van der Waals surface area contributed by atoms with E-state index < -0.39 is 11.9 Å². The number of hydrogen-bond donors (Lipinski definition) is 2. The molecular weight excluding hydrogens is 508 g/mol. The van der Waals surface area contributed by atoms with Gasteiger partial charge in [0.1, 0.15) is 11.5 Å². The summed E-state index contributed by atoms with van der Waals surface area (Å²) < 4.78 is 48.6. The fraction of sp³-hybridized carbons (Fsp3) is 0.412. The Labute approximate surface area is 182 Å². The quantitative estimate of drug-likeness (QED) is 0.298. The van der Waals surface area contributed by atoms with Gasteiger partial charge in [-0.05, 0) is 26.0 Å². The van der Waals surface area contributed by atoms with Crippen LogP contribution in [-0.4, -0.2) is 30.7 Å². The lowest BCUT2D eigenvalue weighted by atomic mass is 10.2. The molecule has 2 rings (SSSR count). The fourth-order valence-electron chi connectivity index (χ4n) is 2.15. The number of aromatic nitrogens is 1. The van der Waals surface area contributed by atoms with Gasteiger partial charge >= 0.3 is 6.18 Å². The van der Waals surface area contributed by atoms with Crippen LogP contribution < -0.4 is 20.5 Å². The number of thiazole rings is 1. The molecule has 6 nitrogen and oxygen atoms in total. The Morgan fingerprint density at radius 3 is 2.57 bits per heavy atom. The summed E-state index contributed by atoms with van der Waals surface area (Å²) in [7, 11) is 0. The summed E-state index contributed by atoms with van der Waals surface area (Å²) in [5, 5.41) is 4.28. The summed E-state index contributed by atoms with van der Waals surface area (Å²) in [6.07, 6.45) is -4.17. The van der Waals surface area contributed by atoms with Crippen LogP contribution in [-0.2, 0) is 12.6 Å². The number of nitrogens with zero attached hydrogens (tertiary/aromatic N) is 2. The van der Waals surface area contributed by atoms with E-state index in [2.05, 4.69) is 15.3 Å². The summed E-state index contributed by atoms with van der Waals surface area (Å²) in [6, 6.07) is 5.29. The van der Waals surface area contributed by atoms with Crippen molar-refractivity contribution in [2.75, 3.05) is 25.1 Å². The predicted molar refractivity (Wildman–Crippen MR) is 115 cm³/mol. The first-order valence-electron chi connectivity index (χ1n) is 8.31. The molecule has 0 saturated heterocycles. The van der Waals surface area contributed by atoms with Crippen LogP contribution in [0.5, 0.6) is 11.5 Å². The average Bonchev–Trinajstić information content (AvgIpc) is 3.07. The molecule has 1 aromatic carbocycles. The Hall–Kier alpha value is -1.76. The third-order valence-corrected chi connectivity index (χ3v) is 4.18. The largest absolute Gasteiger partial charge is 0.494 e. The van der Waals surface area contributed by atoms with Gasteiger partial charge in [-0.1, -0.05) is 0 Å². The van der Waals surface area contributed by atoms with Gasteiger partial charge in [0.25, 0.3) is 0 Å². The van der Waals surface area contributed by atoms with Crippen LogP contribution in [0.15, 0.2) is 28.6 Å². The van der Waals surface area contributed by atoms with Gasteiger partial charge in [-0.25, -0.2) is 4.98 Å². The summed E-state index contributed by atoms with van der Waals surface area (Å²) in [5.74, 6) is 1.37. The predicted octanol–water partition coefficient (Wildman–Crippen LogP) is 4.55. The number of benzene rings is 1. The van der Waals surface area contributed by atoms with E-state index in [9.17, 15) is 13.2 Å². The lowest BCUT2D eigenvalue weighted by Gasteiger charge is -2.13. The number of nitrogens with one attached hydrogen (secondary N) is 1. The summed E-state index contributed by atoms with van der Waals surface area (Å²) in [5.41, 5.74) is 5.59. The molecule has 0 radical (unpaired) electrons. The van der Waals surface area contributed by atoms with Gasteiger partial charge in [0.2, 0.25) is 0 Å². The van der Waals surface area contributed by atoms with E-state index in [0.29, 0.717) is 35.4 Å². The summed E-state index contributed by atoms with van der Waals surface area (Å²) in [6.45, 7) is 4.94. The van der Waals surface area contributed by atoms with Gasteiger partial charge in [0, 0.05) is 24.4 Å². The SMILES string of the molecule is CCOc1ccc(OCC)c(NC(N)=NCCc2nc(C(F)(F)F)cs2)c1.I. The second-order valence-corrected chi connectivity index (χ2v) is 6.23. The van der Waals surface area contributed by atoms with E-state index in [1.54, 1.807) is 18.2 Å². The molecule has 1 heterocycles. The van der Waals surface area contributed by atoms with E-state index in [0.717, 1.165) is 16.7 Å². The molecule has 0 saturated carbocycles. The van der Waals surface area contributed by atoms with Gasteiger partial charge in [-0.15, -0.1) is 35.3 Å². The van der Waals surface area contributed by atoms with Crippen molar-refractivity contribution in [1.82, 2.24) is 4.98 Å². The Morgan fingerprint density at radius 1 is 1.25 bits per heavy atom. The highest BCUT2D eigenvalue weighted by Gasteiger charge is 2.33. The lowest BCUT2D eigenvalue weighted by Crippen LogP contribution is -2.23. The Balaban J connectivity index is 0.00000392. The van der Waals surface area contributed by atoms with Crippen molar-refractivity contribution < 1.29 is 22.6 Å². The van der Waals surface area contributed by atoms with Crippen LogP contribution in [0.25, 0.3) is 0 Å². The van der Waals surface area contributed by atoms with Crippen molar-refractivity contribution in [1.29, 1.82) is 0 Å². The minimum absolute atomic E-state index is 0. The van der Waals surface area contributed by atoms with Gasteiger partial charge in [-0.3, -0.25) is 4.99 Å². The molecule has 1 aromatic heterocycles. The van der Waals surface area contributed by atoms with Gasteiger partial charge in [0.05, 0.1) is 23.9 Å². The third-order valence-electron chi connectivity index (χ3n) is 3.27. The Kier molecular flexibility index (Phi) is 9.79. The molecule has 3 N–H and O–H groups in total. The van der Waals surface area contributed by atoms with Crippen LogP contribution in [0.2, 0.25) is 0 Å². The highest BCUT2D eigenvalue weighted by molar-refractivity contribution is 14.0. The number of alkyl halides is 3. The highest BCUT2D eigenvalue weighted by Crippen LogP contribution is 2.30. The van der Waals surface area contributed by atoms with E-state index >= 15 is 0 Å². The van der Waals surface area contributed by atoms with Crippen LogP contribution >= 0.6 is 35.3 Å². The van der Waals surface area contributed by atoms with Crippen molar-refractivity contribution in [3.05, 3.63) is 34.3 Å². The van der Waals surface area contributed by atoms with E-state index in [-0.39, 0.29) is 42.9 Å². The van der Waals surface area contributed by atoms with Gasteiger partial charge < -0.3 is 20.5 Å². The van der Waals surface area contributed by atoms with Gasteiger partial charge in [0.15, 0.2) is 11.7 Å². The zero-order chi connectivity index (χ0) is 19.9. The van der Waals surface area contributed by atoms with Crippen LogP contribution in [0.1, 0.15) is 24.5 Å². The summed E-state index contributed by atoms with van der Waals surface area (Å²) >= 11 is 0.950. The smallest absolute Gasteiger partial charge is 0.434 e. The molecule has 0 bridgehead atoms. The Bertz CT molecular complexity index is 784. The molecule has 0 fully saturated rings. The molecule has 0 unspecified atom stereocenters. The zero-order valence-corrected chi connectivity index (χ0v) is 18.5. The molecule has 28 heavy (non-hydrogen) atoms. The third kappa shape index (κ3) is 7.34. The first kappa shape index (κ1) is 24.3. The molecule has 0 aliphatic rings. The molecular formula is C17H22F3IN4O2S. The molecule has 0 atom stereocenters. The van der Waals surface area contributed by atoms with E-state index in [1.165, 1.54) is 0 Å². The zero-order valence-electron chi connectivity index (χ0n) is 15.4. The number of aliphatic imine (C=N–C) groups is 1. The van der Waals surface area contributed by atoms with E-state index in [4.69, 9.17) is 15.2 Å². The second kappa shape index (κ2) is 11.3. The van der Waals surface area contributed by atoms with Crippen molar-refractivity contribution in [2.45, 2.75) is 26.4 Å². The maximum absolute atomic E-state index is 12.5. The van der Waals surface area contributed by atoms with Crippen LogP contribution in [0.4, 0.5) is 18.9 Å². The van der Waals surface area contributed by atoms with Gasteiger partial charge in [-0.2, -0.15) is 13.2 Å². The summed E-state index contributed by atoms with van der Waals surface area (Å²) in [4.78, 5) is 7.69. The van der Waals surface area contributed by atoms with E-state index in [1.807, 2.05) is 13.8 Å². The first-order chi connectivity index (χ1) is 12.8. The Morgan fingerprint density at radius 2 is 1.96 bits per heavy atom. The van der Waals surface area contributed by atoms with Crippen molar-refractivity contribution >= 4 is 47.0 Å². The standard InChI is InChI=1S/C17H21F3N4O2S.HI/c1-3-25-11-5-6-13(26-4-2)12(9-11)23-16(21)22-8-7-15-24-14(10-27-15)17(18,19)20;/h5-6,9-10H,3-4,7-8H2,1-2H3,(H3,21,22,23);1H. The molecule has 0 aliphatic heterocycles. The normalized spacial score (nSPS) is 11.7. The molecule has 0 aliphatic carbocycles. The number of guanidine groups is 1. The molecule has 11 heteroatoms. The van der Waals surface area contributed by atoms with Crippen LogP contribution in [0, 0.1) is 0 Å². The van der Waals surface area contributed by atoms with Crippen molar-refractivity contribution in [2.24, 2.45) is 10.7 Å². The first-order valence-corrected chi connectivity index (χ1v) is 9.19. The van der Waals surface area contributed by atoms with Crippen molar-refractivity contribution in [3.8, 4) is 11.5 Å².